The van der Waals surface area contributed by atoms with Crippen molar-refractivity contribution in [3.05, 3.63) is 21.7 Å². The van der Waals surface area contributed by atoms with Crippen LogP contribution in [-0.4, -0.2) is 5.78 Å². The van der Waals surface area contributed by atoms with Gasteiger partial charge in [0.05, 0.1) is 5.57 Å². The van der Waals surface area contributed by atoms with Crippen molar-refractivity contribution < 1.29 is 4.79 Å². The van der Waals surface area contributed by atoms with Crippen molar-refractivity contribution in [3.8, 4) is 0 Å². The topological polar surface area (TPSA) is 17.1 Å². The van der Waals surface area contributed by atoms with Gasteiger partial charge in [-0.2, -0.15) is 0 Å². The molecule has 0 bridgehead atoms. The van der Waals surface area contributed by atoms with Gasteiger partial charge >= 0.3 is 0 Å². The summed E-state index contributed by atoms with van der Waals surface area (Å²) in [5.41, 5.74) is 0.426. The standard InChI is InChI=1S/C10H12Cl2O/c1-6(13)9-7(11)4-10(2,3)5-8(9)12/h4H,5H2,1-3H3. The molecule has 0 atom stereocenters. The molecule has 0 amide bonds. The molecule has 0 radical (unpaired) electrons. The Balaban J connectivity index is 3.13. The van der Waals surface area contributed by atoms with Crippen LogP contribution in [0.15, 0.2) is 21.7 Å². The maximum atomic E-state index is 11.2. The number of Topliss-reactive ketones (excluding diaryl/α,β-unsaturated/α-hetero) is 1. The fourth-order valence-corrected chi connectivity index (χ4v) is 2.61. The third-order valence-electron chi connectivity index (χ3n) is 1.99. The van der Waals surface area contributed by atoms with E-state index in [9.17, 15) is 4.79 Å². The van der Waals surface area contributed by atoms with Crippen molar-refractivity contribution in [2.24, 2.45) is 5.41 Å². The zero-order valence-electron chi connectivity index (χ0n) is 7.95. The second kappa shape index (κ2) is 3.47. The number of ketones is 1. The Labute approximate surface area is 88.4 Å². The van der Waals surface area contributed by atoms with Crippen LogP contribution < -0.4 is 0 Å². The second-order valence-electron chi connectivity index (χ2n) is 3.99. The van der Waals surface area contributed by atoms with Crippen molar-refractivity contribution in [1.82, 2.24) is 0 Å². The molecule has 72 valence electrons. The number of halogens is 2. The lowest BCUT2D eigenvalue weighted by Gasteiger charge is -2.26. The van der Waals surface area contributed by atoms with Gasteiger partial charge in [-0.05, 0) is 18.8 Å². The van der Waals surface area contributed by atoms with Crippen LogP contribution in [0.5, 0.6) is 0 Å². The smallest absolute Gasteiger partial charge is 0.162 e. The molecule has 0 N–H and O–H groups in total. The Hall–Kier alpha value is -0.270. The summed E-state index contributed by atoms with van der Waals surface area (Å²) in [7, 11) is 0. The highest BCUT2D eigenvalue weighted by Crippen LogP contribution is 2.40. The first kappa shape index (κ1) is 10.8. The number of hydrogen-bond acceptors (Lipinski definition) is 1. The summed E-state index contributed by atoms with van der Waals surface area (Å²) in [6, 6.07) is 0. The van der Waals surface area contributed by atoms with Gasteiger partial charge in [-0.1, -0.05) is 43.1 Å². The van der Waals surface area contributed by atoms with Crippen LogP contribution in [0.3, 0.4) is 0 Å². The van der Waals surface area contributed by atoms with E-state index in [1.165, 1.54) is 6.92 Å². The lowest BCUT2D eigenvalue weighted by Crippen LogP contribution is -2.16. The minimum Gasteiger partial charge on any atom is -0.294 e. The molecular weight excluding hydrogens is 207 g/mol. The average molecular weight is 219 g/mol. The van der Waals surface area contributed by atoms with Crippen LogP contribution in [0.2, 0.25) is 0 Å². The summed E-state index contributed by atoms with van der Waals surface area (Å²) in [5, 5.41) is 1.05. The summed E-state index contributed by atoms with van der Waals surface area (Å²) in [4.78, 5) is 11.2. The zero-order chi connectivity index (χ0) is 10.2. The molecule has 1 aliphatic rings. The molecule has 0 aliphatic heterocycles. The molecule has 0 saturated heterocycles. The molecule has 0 unspecified atom stereocenters. The van der Waals surface area contributed by atoms with Crippen LogP contribution in [-0.2, 0) is 4.79 Å². The van der Waals surface area contributed by atoms with Crippen molar-refractivity contribution in [1.29, 1.82) is 0 Å². The number of allylic oxidation sites excluding steroid dienone is 4. The van der Waals surface area contributed by atoms with Gasteiger partial charge in [0, 0.05) is 10.1 Å². The number of hydrogen-bond donors (Lipinski definition) is 0. The Morgan fingerprint density at radius 2 is 2.00 bits per heavy atom. The van der Waals surface area contributed by atoms with Crippen LogP contribution >= 0.6 is 23.2 Å². The van der Waals surface area contributed by atoms with Gasteiger partial charge in [-0.25, -0.2) is 0 Å². The Morgan fingerprint density at radius 1 is 1.46 bits per heavy atom. The molecule has 1 aliphatic carbocycles. The first-order valence-corrected chi connectivity index (χ1v) is 4.87. The van der Waals surface area contributed by atoms with Crippen molar-refractivity contribution in [2.45, 2.75) is 27.2 Å². The van der Waals surface area contributed by atoms with Gasteiger partial charge in [-0.15, -0.1) is 0 Å². The highest BCUT2D eigenvalue weighted by molar-refractivity contribution is 6.40. The molecule has 3 heteroatoms. The van der Waals surface area contributed by atoms with E-state index in [1.54, 1.807) is 0 Å². The van der Waals surface area contributed by atoms with E-state index in [4.69, 9.17) is 23.2 Å². The van der Waals surface area contributed by atoms with Crippen LogP contribution in [0.1, 0.15) is 27.2 Å². The number of carbonyl (C=O) groups is 1. The lowest BCUT2D eigenvalue weighted by molar-refractivity contribution is -0.113. The van der Waals surface area contributed by atoms with Gasteiger partial charge in [0.2, 0.25) is 0 Å². The summed E-state index contributed by atoms with van der Waals surface area (Å²) in [6.07, 6.45) is 2.57. The van der Waals surface area contributed by atoms with E-state index in [2.05, 4.69) is 0 Å². The third kappa shape index (κ3) is 2.35. The SMILES string of the molecule is CC(=O)C1=C(Cl)CC(C)(C)C=C1Cl. The molecule has 0 aromatic carbocycles. The molecule has 0 aromatic heterocycles. The van der Waals surface area contributed by atoms with Crippen LogP contribution in [0.4, 0.5) is 0 Å². The quantitative estimate of drug-likeness (QED) is 0.658. The van der Waals surface area contributed by atoms with Gasteiger partial charge in [-0.3, -0.25) is 4.79 Å². The maximum absolute atomic E-state index is 11.2. The highest BCUT2D eigenvalue weighted by Gasteiger charge is 2.27. The zero-order valence-corrected chi connectivity index (χ0v) is 9.46. The van der Waals surface area contributed by atoms with Crippen molar-refractivity contribution in [3.63, 3.8) is 0 Å². The first-order valence-electron chi connectivity index (χ1n) is 4.12. The minimum absolute atomic E-state index is 0.0485. The minimum atomic E-state index is -0.0678. The number of rotatable bonds is 1. The largest absolute Gasteiger partial charge is 0.294 e. The van der Waals surface area contributed by atoms with E-state index in [0.717, 1.165) is 0 Å². The maximum Gasteiger partial charge on any atom is 0.162 e. The van der Waals surface area contributed by atoms with Crippen LogP contribution in [0, 0.1) is 5.41 Å². The fourth-order valence-electron chi connectivity index (χ4n) is 1.44. The summed E-state index contributed by atoms with van der Waals surface area (Å²) in [5.74, 6) is -0.0678. The molecule has 1 rings (SSSR count). The molecule has 13 heavy (non-hydrogen) atoms. The van der Waals surface area contributed by atoms with Gasteiger partial charge in [0.1, 0.15) is 0 Å². The van der Waals surface area contributed by atoms with E-state index in [1.807, 2.05) is 19.9 Å². The second-order valence-corrected chi connectivity index (χ2v) is 4.86. The lowest BCUT2D eigenvalue weighted by atomic mass is 9.83. The Morgan fingerprint density at radius 3 is 2.38 bits per heavy atom. The molecule has 1 nitrogen and oxygen atoms in total. The van der Waals surface area contributed by atoms with Crippen molar-refractivity contribution in [2.75, 3.05) is 0 Å². The Kier molecular flexibility index (Phi) is 2.88. The molecule has 0 heterocycles. The monoisotopic (exact) mass is 218 g/mol. The molecule has 0 spiro atoms. The summed E-state index contributed by atoms with van der Waals surface area (Å²) in [6.45, 7) is 5.55. The van der Waals surface area contributed by atoms with E-state index < -0.39 is 0 Å². The van der Waals surface area contributed by atoms with E-state index in [0.29, 0.717) is 22.1 Å². The third-order valence-corrected chi connectivity index (χ3v) is 2.61. The number of carbonyl (C=O) groups excluding carboxylic acids is 1. The van der Waals surface area contributed by atoms with Crippen molar-refractivity contribution >= 4 is 29.0 Å². The van der Waals surface area contributed by atoms with E-state index >= 15 is 0 Å². The van der Waals surface area contributed by atoms with Crippen LogP contribution in [0.25, 0.3) is 0 Å². The Bertz CT molecular complexity index is 311. The van der Waals surface area contributed by atoms with Gasteiger partial charge in [0.15, 0.2) is 5.78 Å². The normalized spacial score (nSPS) is 21.5. The fraction of sp³-hybridized carbons (Fsp3) is 0.500. The summed E-state index contributed by atoms with van der Waals surface area (Å²) >= 11 is 11.9. The summed E-state index contributed by atoms with van der Waals surface area (Å²) < 4.78 is 0. The van der Waals surface area contributed by atoms with Gasteiger partial charge in [0.25, 0.3) is 0 Å². The first-order chi connectivity index (χ1) is 5.83. The highest BCUT2D eigenvalue weighted by atomic mass is 35.5. The predicted octanol–water partition coefficient (Wildman–Crippen LogP) is 3.62. The molecule has 0 aromatic rings. The molecular formula is C10H12Cl2O. The average Bonchev–Trinajstić information content (AvgIpc) is 1.78. The van der Waals surface area contributed by atoms with Gasteiger partial charge < -0.3 is 0 Å². The van der Waals surface area contributed by atoms with E-state index in [-0.39, 0.29) is 11.2 Å². The molecule has 0 fully saturated rings. The predicted molar refractivity (Wildman–Crippen MR) is 55.9 cm³/mol. The molecule has 0 saturated carbocycles.